The second kappa shape index (κ2) is 8.59. The Kier molecular flexibility index (Phi) is 6.88. The highest BCUT2D eigenvalue weighted by Crippen LogP contribution is 2.67. The molecule has 9 atom stereocenters. The highest BCUT2D eigenvalue weighted by atomic mass is 32.1. The second-order valence-corrected chi connectivity index (χ2v) is 11.7. The average Bonchev–Trinajstić information content (AvgIpc) is 3.00. The van der Waals surface area contributed by atoms with E-state index in [4.69, 9.17) is 13.0 Å². The summed E-state index contributed by atoms with van der Waals surface area (Å²) in [5.41, 5.74) is 0.948. The molecule has 0 aromatic carbocycles. The van der Waals surface area contributed by atoms with Crippen LogP contribution in [0.3, 0.4) is 0 Å². The Morgan fingerprint density at radius 2 is 1.59 bits per heavy atom. The van der Waals surface area contributed by atoms with Crippen LogP contribution in [0.4, 0.5) is 0 Å². The molecule has 29 heavy (non-hydrogen) atoms. The van der Waals surface area contributed by atoms with Gasteiger partial charge in [-0.05, 0) is 98.7 Å². The fourth-order valence-corrected chi connectivity index (χ4v) is 8.14. The SMILES string of the molecule is CC(=O)C1CCC2C3CCC4CC(C)CCC4(C)C3CCC12C.[B]C(S)C(=O)O. The molecule has 9 unspecified atom stereocenters. The van der Waals surface area contributed by atoms with Gasteiger partial charge in [-0.25, -0.2) is 0 Å². The first-order valence-corrected chi connectivity index (χ1v) is 12.2. The lowest BCUT2D eigenvalue weighted by Crippen LogP contribution is -2.53. The lowest BCUT2D eigenvalue weighted by atomic mass is 9.44. The predicted molar refractivity (Wildman–Crippen MR) is 121 cm³/mol. The van der Waals surface area contributed by atoms with Gasteiger partial charge in [-0.15, -0.1) is 0 Å². The van der Waals surface area contributed by atoms with Crippen LogP contribution in [-0.4, -0.2) is 29.9 Å². The van der Waals surface area contributed by atoms with Gasteiger partial charge in [-0.1, -0.05) is 27.2 Å². The van der Waals surface area contributed by atoms with E-state index in [1.807, 2.05) is 6.92 Å². The standard InChI is InChI=1S/C22H36O.C2H3BO2S/c1-14-9-11-21(3)16(13-14)5-6-17-19-8-7-18(15(2)23)22(19,4)12-10-20(17)21;3-1(6)2(4)5/h14,16-20H,5-13H2,1-4H3;1,6H,(H,4,5). The summed E-state index contributed by atoms with van der Waals surface area (Å²) in [5, 5.41) is 6.75. The number of carboxylic acids is 1. The molecule has 0 aromatic rings. The van der Waals surface area contributed by atoms with Crippen molar-refractivity contribution in [3.05, 3.63) is 0 Å². The van der Waals surface area contributed by atoms with Gasteiger partial charge in [-0.2, -0.15) is 12.6 Å². The normalized spacial score (nSPS) is 46.9. The van der Waals surface area contributed by atoms with Crippen molar-refractivity contribution in [2.24, 2.45) is 46.3 Å². The highest BCUT2D eigenvalue weighted by molar-refractivity contribution is 7.83. The first-order chi connectivity index (χ1) is 13.5. The summed E-state index contributed by atoms with van der Waals surface area (Å²) in [6.07, 6.45) is 12.6. The molecule has 1 N–H and O–H groups in total. The van der Waals surface area contributed by atoms with Crippen LogP contribution in [0.1, 0.15) is 85.5 Å². The van der Waals surface area contributed by atoms with Gasteiger partial charge >= 0.3 is 5.97 Å². The first-order valence-electron chi connectivity index (χ1n) is 11.7. The molecular weight excluding hydrogens is 379 g/mol. The van der Waals surface area contributed by atoms with Crippen molar-refractivity contribution in [2.45, 2.75) is 90.6 Å². The largest absolute Gasteiger partial charge is 0.481 e. The molecule has 4 rings (SSSR count). The lowest BCUT2D eigenvalue weighted by molar-refractivity contribution is -0.135. The molecule has 0 aromatic heterocycles. The van der Waals surface area contributed by atoms with Crippen LogP contribution in [0.25, 0.3) is 0 Å². The van der Waals surface area contributed by atoms with Crippen molar-refractivity contribution >= 4 is 32.2 Å². The predicted octanol–water partition coefficient (Wildman–Crippen LogP) is 5.37. The molecule has 4 saturated carbocycles. The Bertz CT molecular complexity index is 638. The molecule has 4 aliphatic carbocycles. The van der Waals surface area contributed by atoms with Crippen molar-refractivity contribution < 1.29 is 14.7 Å². The van der Waals surface area contributed by atoms with Gasteiger partial charge in [0.25, 0.3) is 0 Å². The number of fused-ring (bicyclic) bond motifs is 5. The van der Waals surface area contributed by atoms with Crippen molar-refractivity contribution in [3.8, 4) is 0 Å². The van der Waals surface area contributed by atoms with Crippen LogP contribution in [0, 0.1) is 46.3 Å². The molecule has 0 saturated heterocycles. The number of rotatable bonds is 2. The molecule has 0 bridgehead atoms. The van der Waals surface area contributed by atoms with Crippen LogP contribution in [0.5, 0.6) is 0 Å². The Hall–Kier alpha value is -0.445. The maximum absolute atomic E-state index is 12.2. The van der Waals surface area contributed by atoms with E-state index >= 15 is 0 Å². The quantitative estimate of drug-likeness (QED) is 0.469. The molecule has 3 nitrogen and oxygen atoms in total. The maximum Gasteiger partial charge on any atom is 0.307 e. The van der Waals surface area contributed by atoms with E-state index in [0.29, 0.717) is 22.5 Å². The summed E-state index contributed by atoms with van der Waals surface area (Å²) in [4.78, 5) is 21.7. The topological polar surface area (TPSA) is 54.4 Å². The second-order valence-electron chi connectivity index (χ2n) is 11.1. The van der Waals surface area contributed by atoms with E-state index in [1.54, 1.807) is 0 Å². The molecule has 0 aliphatic heterocycles. The summed E-state index contributed by atoms with van der Waals surface area (Å²) < 4.78 is 0. The first kappa shape index (κ1) is 23.2. The Morgan fingerprint density at radius 1 is 1.00 bits per heavy atom. The van der Waals surface area contributed by atoms with Crippen LogP contribution < -0.4 is 0 Å². The van der Waals surface area contributed by atoms with E-state index in [2.05, 4.69) is 33.4 Å². The molecule has 0 heterocycles. The van der Waals surface area contributed by atoms with E-state index < -0.39 is 11.1 Å². The van der Waals surface area contributed by atoms with Gasteiger partial charge in [0, 0.05) is 5.92 Å². The Morgan fingerprint density at radius 3 is 2.17 bits per heavy atom. The van der Waals surface area contributed by atoms with Crippen LogP contribution in [0.2, 0.25) is 0 Å². The van der Waals surface area contributed by atoms with Crippen molar-refractivity contribution in [3.63, 3.8) is 0 Å². The van der Waals surface area contributed by atoms with E-state index in [9.17, 15) is 9.59 Å². The third-order valence-corrected chi connectivity index (χ3v) is 9.89. The van der Waals surface area contributed by atoms with E-state index in [1.165, 1.54) is 57.8 Å². The summed E-state index contributed by atoms with van der Waals surface area (Å²) in [7, 11) is 4.70. The van der Waals surface area contributed by atoms with Crippen LogP contribution in [0.15, 0.2) is 0 Å². The Labute approximate surface area is 184 Å². The minimum atomic E-state index is -1.10. The van der Waals surface area contributed by atoms with Gasteiger partial charge in [0.2, 0.25) is 0 Å². The fraction of sp³-hybridized carbons (Fsp3) is 0.917. The monoisotopic (exact) mass is 418 g/mol. The fourth-order valence-electron chi connectivity index (χ4n) is 8.14. The zero-order valence-corrected chi connectivity index (χ0v) is 19.6. The van der Waals surface area contributed by atoms with Gasteiger partial charge in [0.15, 0.2) is 0 Å². The molecule has 4 fully saturated rings. The molecule has 2 radical (unpaired) electrons. The van der Waals surface area contributed by atoms with E-state index in [-0.39, 0.29) is 0 Å². The lowest BCUT2D eigenvalue weighted by Gasteiger charge is -2.61. The van der Waals surface area contributed by atoms with Gasteiger partial charge in [0.1, 0.15) is 13.6 Å². The molecule has 162 valence electrons. The average molecular weight is 418 g/mol. The minimum Gasteiger partial charge on any atom is -0.481 e. The van der Waals surface area contributed by atoms with Crippen molar-refractivity contribution in [2.75, 3.05) is 0 Å². The Balaban J connectivity index is 0.000000353. The third-order valence-electron chi connectivity index (χ3n) is 9.67. The number of hydrogen-bond donors (Lipinski definition) is 2. The van der Waals surface area contributed by atoms with Gasteiger partial charge in [-0.3, -0.25) is 9.59 Å². The molecular formula is C24H39BO3S. The van der Waals surface area contributed by atoms with E-state index in [0.717, 1.165) is 29.6 Å². The summed E-state index contributed by atoms with van der Waals surface area (Å²) in [6.45, 7) is 9.45. The van der Waals surface area contributed by atoms with Crippen molar-refractivity contribution in [1.29, 1.82) is 0 Å². The number of thiol groups is 1. The number of carboxylic acid groups (broad SMARTS) is 1. The van der Waals surface area contributed by atoms with Crippen LogP contribution in [-0.2, 0) is 9.59 Å². The maximum atomic E-state index is 12.2. The number of carbonyl (C=O) groups excluding carboxylic acids is 1. The zero-order chi connectivity index (χ0) is 21.6. The number of aliphatic carboxylic acids is 1. The van der Waals surface area contributed by atoms with Gasteiger partial charge in [0.05, 0.1) is 5.15 Å². The number of Topliss-reactive ketones (excluding diaryl/α,β-unsaturated/α-hetero) is 1. The molecule has 0 spiro atoms. The zero-order valence-electron chi connectivity index (χ0n) is 18.7. The molecule has 0 amide bonds. The summed E-state index contributed by atoms with van der Waals surface area (Å²) in [6, 6.07) is 0. The number of ketones is 1. The molecule has 4 aliphatic rings. The molecule has 5 heteroatoms. The minimum absolute atomic E-state index is 0.332. The van der Waals surface area contributed by atoms with Crippen LogP contribution >= 0.6 is 12.6 Å². The number of carbonyl (C=O) groups is 2. The summed E-state index contributed by atoms with van der Waals surface area (Å²) in [5.74, 6) is 4.40. The van der Waals surface area contributed by atoms with Gasteiger partial charge < -0.3 is 5.11 Å². The smallest absolute Gasteiger partial charge is 0.307 e. The highest BCUT2D eigenvalue weighted by Gasteiger charge is 2.60. The number of hydrogen-bond acceptors (Lipinski definition) is 3. The van der Waals surface area contributed by atoms with Crippen molar-refractivity contribution in [1.82, 2.24) is 0 Å². The summed E-state index contributed by atoms with van der Waals surface area (Å²) >= 11 is 3.37. The third kappa shape index (κ3) is 4.19.